The Kier molecular flexibility index (Phi) is 4.41. The van der Waals surface area contributed by atoms with E-state index >= 15 is 0 Å². The van der Waals surface area contributed by atoms with Gasteiger partial charge in [0, 0.05) is 19.6 Å². The highest BCUT2D eigenvalue weighted by Gasteiger charge is 2.43. The van der Waals surface area contributed by atoms with Gasteiger partial charge in [0.15, 0.2) is 5.78 Å². The number of benzene rings is 1. The number of methoxy groups -OCH3 is 1. The molecule has 1 saturated carbocycles. The van der Waals surface area contributed by atoms with E-state index in [1.165, 1.54) is 12.8 Å². The Balaban J connectivity index is 1.74. The van der Waals surface area contributed by atoms with Crippen LogP contribution in [0.15, 0.2) is 30.3 Å². The van der Waals surface area contributed by atoms with Gasteiger partial charge < -0.3 is 9.47 Å². The topological polar surface area (TPSA) is 35.5 Å². The van der Waals surface area contributed by atoms with Crippen molar-refractivity contribution < 1.29 is 14.3 Å². The van der Waals surface area contributed by atoms with Gasteiger partial charge >= 0.3 is 0 Å². The Bertz CT molecular complexity index is 476. The van der Waals surface area contributed by atoms with Crippen LogP contribution in [0, 0.1) is 5.92 Å². The Morgan fingerprint density at radius 3 is 2.67 bits per heavy atom. The minimum atomic E-state index is -0.437. The molecule has 0 bridgehead atoms. The monoisotopic (exact) mass is 288 g/mol. The second-order valence-corrected chi connectivity index (χ2v) is 6.36. The predicted molar refractivity (Wildman–Crippen MR) is 81.1 cm³/mol. The molecule has 0 N–H and O–H groups in total. The van der Waals surface area contributed by atoms with E-state index in [2.05, 4.69) is 0 Å². The molecule has 3 rings (SSSR count). The summed E-state index contributed by atoms with van der Waals surface area (Å²) in [7, 11) is 1.63. The highest BCUT2D eigenvalue weighted by Crippen LogP contribution is 2.43. The van der Waals surface area contributed by atoms with Gasteiger partial charge in [-0.2, -0.15) is 0 Å². The molecule has 1 aromatic carbocycles. The van der Waals surface area contributed by atoms with Gasteiger partial charge in [0.25, 0.3) is 0 Å². The van der Waals surface area contributed by atoms with Crippen molar-refractivity contribution in [1.29, 1.82) is 0 Å². The van der Waals surface area contributed by atoms with E-state index in [4.69, 9.17) is 9.47 Å². The third-order valence-electron chi connectivity index (χ3n) is 5.01. The molecule has 2 unspecified atom stereocenters. The van der Waals surface area contributed by atoms with Crippen LogP contribution in [0.3, 0.4) is 0 Å². The molecule has 2 atom stereocenters. The first-order valence-corrected chi connectivity index (χ1v) is 7.99. The maximum atomic E-state index is 12.9. The van der Waals surface area contributed by atoms with E-state index in [0.29, 0.717) is 6.61 Å². The number of carbonyl (C=O) groups is 1. The maximum Gasteiger partial charge on any atom is 0.169 e. The largest absolute Gasteiger partial charge is 0.375 e. The van der Waals surface area contributed by atoms with Gasteiger partial charge in [-0.3, -0.25) is 4.79 Å². The summed E-state index contributed by atoms with van der Waals surface area (Å²) in [4.78, 5) is 12.9. The zero-order valence-electron chi connectivity index (χ0n) is 12.7. The van der Waals surface area contributed by atoms with Gasteiger partial charge in [-0.25, -0.2) is 0 Å². The van der Waals surface area contributed by atoms with Crippen molar-refractivity contribution in [2.24, 2.45) is 5.92 Å². The normalized spacial score (nSPS) is 25.9. The molecule has 21 heavy (non-hydrogen) atoms. The molecule has 1 saturated heterocycles. The lowest BCUT2D eigenvalue weighted by molar-refractivity contribution is -0.145. The molecule has 1 aromatic rings. The summed E-state index contributed by atoms with van der Waals surface area (Å²) in [6.45, 7) is 0.710. The fourth-order valence-electron chi connectivity index (χ4n) is 3.90. The quantitative estimate of drug-likeness (QED) is 0.847. The number of hydrogen-bond donors (Lipinski definition) is 0. The molecule has 1 aliphatic carbocycles. The van der Waals surface area contributed by atoms with E-state index in [0.717, 1.165) is 31.2 Å². The Hall–Kier alpha value is -1.19. The van der Waals surface area contributed by atoms with Crippen LogP contribution in [-0.2, 0) is 14.3 Å². The summed E-state index contributed by atoms with van der Waals surface area (Å²) in [5.74, 6) is 0.292. The lowest BCUT2D eigenvalue weighted by Crippen LogP contribution is -2.41. The lowest BCUT2D eigenvalue weighted by Gasteiger charge is -2.38. The van der Waals surface area contributed by atoms with Gasteiger partial charge in [-0.1, -0.05) is 43.2 Å². The second-order valence-electron chi connectivity index (χ2n) is 6.36. The van der Waals surface area contributed by atoms with Gasteiger partial charge in [0.05, 0.1) is 5.60 Å². The molecule has 3 heteroatoms. The van der Waals surface area contributed by atoms with Crippen LogP contribution in [0.4, 0.5) is 0 Å². The van der Waals surface area contributed by atoms with E-state index in [1.807, 2.05) is 30.3 Å². The Morgan fingerprint density at radius 1 is 1.29 bits per heavy atom. The van der Waals surface area contributed by atoms with Crippen molar-refractivity contribution in [2.45, 2.75) is 50.2 Å². The third-order valence-corrected chi connectivity index (χ3v) is 5.01. The summed E-state index contributed by atoms with van der Waals surface area (Å²) in [5, 5.41) is 0. The Labute approximate surface area is 126 Å². The Morgan fingerprint density at radius 2 is 2.00 bits per heavy atom. The van der Waals surface area contributed by atoms with E-state index < -0.39 is 6.10 Å². The first-order valence-electron chi connectivity index (χ1n) is 7.99. The zero-order valence-corrected chi connectivity index (χ0v) is 12.7. The molecule has 1 spiro atoms. The van der Waals surface area contributed by atoms with E-state index in [1.54, 1.807) is 7.11 Å². The third kappa shape index (κ3) is 3.04. The molecular formula is C18H24O3. The number of hydrogen-bond acceptors (Lipinski definition) is 3. The van der Waals surface area contributed by atoms with Crippen molar-refractivity contribution in [1.82, 2.24) is 0 Å². The van der Waals surface area contributed by atoms with Crippen molar-refractivity contribution in [2.75, 3.05) is 13.7 Å². The summed E-state index contributed by atoms with van der Waals surface area (Å²) in [5.41, 5.74) is 0.935. The van der Waals surface area contributed by atoms with Gasteiger partial charge in [0.1, 0.15) is 6.10 Å². The van der Waals surface area contributed by atoms with Crippen molar-refractivity contribution >= 4 is 5.78 Å². The average molecular weight is 288 g/mol. The highest BCUT2D eigenvalue weighted by atomic mass is 16.5. The fourth-order valence-corrected chi connectivity index (χ4v) is 3.90. The van der Waals surface area contributed by atoms with Gasteiger partial charge in [-0.05, 0) is 31.2 Å². The second kappa shape index (κ2) is 6.29. The van der Waals surface area contributed by atoms with Crippen LogP contribution in [0.25, 0.3) is 0 Å². The molecule has 0 aromatic heterocycles. The number of Topliss-reactive ketones (excluding diaryl/α,β-unsaturated/α-hetero) is 1. The summed E-state index contributed by atoms with van der Waals surface area (Å²) in [6, 6.07) is 9.81. The predicted octanol–water partition coefficient (Wildman–Crippen LogP) is 3.68. The molecule has 114 valence electrons. The van der Waals surface area contributed by atoms with Gasteiger partial charge in [0.2, 0.25) is 0 Å². The summed E-state index contributed by atoms with van der Waals surface area (Å²) >= 11 is 0. The minimum Gasteiger partial charge on any atom is -0.375 e. The summed E-state index contributed by atoms with van der Waals surface area (Å²) < 4.78 is 11.5. The van der Waals surface area contributed by atoms with Crippen molar-refractivity contribution in [3.8, 4) is 0 Å². The first kappa shape index (κ1) is 14.7. The maximum absolute atomic E-state index is 12.9. The van der Waals surface area contributed by atoms with Crippen LogP contribution in [0.5, 0.6) is 0 Å². The number of ether oxygens (including phenoxy) is 2. The number of rotatable bonds is 4. The molecule has 3 nitrogen and oxygen atoms in total. The molecule has 2 fully saturated rings. The minimum absolute atomic E-state index is 0.0203. The molecule has 1 aliphatic heterocycles. The average Bonchev–Trinajstić information content (AvgIpc) is 2.97. The van der Waals surface area contributed by atoms with Crippen LogP contribution in [-0.4, -0.2) is 25.1 Å². The van der Waals surface area contributed by atoms with E-state index in [9.17, 15) is 4.79 Å². The molecule has 1 heterocycles. The number of ketones is 1. The van der Waals surface area contributed by atoms with Crippen LogP contribution < -0.4 is 0 Å². The van der Waals surface area contributed by atoms with Crippen LogP contribution in [0.1, 0.15) is 50.2 Å². The van der Waals surface area contributed by atoms with E-state index in [-0.39, 0.29) is 17.3 Å². The molecular weight excluding hydrogens is 264 g/mol. The SMILES string of the molecule is COC(C(=O)C1CCOC2(CCCC2)C1)c1ccccc1. The van der Waals surface area contributed by atoms with Crippen molar-refractivity contribution in [3.63, 3.8) is 0 Å². The summed E-state index contributed by atoms with van der Waals surface area (Å²) in [6.07, 6.45) is 5.94. The van der Waals surface area contributed by atoms with Gasteiger partial charge in [-0.15, -0.1) is 0 Å². The van der Waals surface area contributed by atoms with Crippen molar-refractivity contribution in [3.05, 3.63) is 35.9 Å². The number of carbonyl (C=O) groups excluding carboxylic acids is 1. The van der Waals surface area contributed by atoms with Crippen LogP contribution in [0.2, 0.25) is 0 Å². The molecule has 0 amide bonds. The highest BCUT2D eigenvalue weighted by molar-refractivity contribution is 5.86. The lowest BCUT2D eigenvalue weighted by atomic mass is 9.80. The molecule has 0 radical (unpaired) electrons. The standard InChI is InChI=1S/C18H24O3/c1-20-17(14-7-3-2-4-8-14)16(19)15-9-12-21-18(13-15)10-5-6-11-18/h2-4,7-8,15,17H,5-6,9-13H2,1H3. The van der Waals surface area contributed by atoms with Crippen LogP contribution >= 0.6 is 0 Å². The first-order chi connectivity index (χ1) is 10.2. The smallest absolute Gasteiger partial charge is 0.169 e. The molecule has 2 aliphatic rings. The fraction of sp³-hybridized carbons (Fsp3) is 0.611. The zero-order chi connectivity index (χ0) is 14.7.